The first-order valence-electron chi connectivity index (χ1n) is 41.6. The maximum atomic E-state index is 5.31. The number of H-pyrrole nitrogens is 3. The molecule has 9 aliphatic heterocycles. The molecule has 6 atom stereocenters. The van der Waals surface area contributed by atoms with Gasteiger partial charge in [-0.05, 0) is 218 Å². The number of fused-ring (bicyclic) bond motifs is 6. The van der Waals surface area contributed by atoms with E-state index >= 15 is 0 Å². The monoisotopic (exact) mass is 1560 g/mol. The molecule has 1 aliphatic carbocycles. The fraction of sp³-hybridized carbons (Fsp3) is 0.380. The molecule has 0 radical (unpaired) electrons. The number of rotatable bonds is 23. The zero-order valence-corrected chi connectivity index (χ0v) is 68.2. The van der Waals surface area contributed by atoms with E-state index in [0.29, 0.717) is 67.3 Å². The third kappa shape index (κ3) is 17.3. The minimum Gasteiger partial charge on any atom is -0.497 e. The third-order valence-electron chi connectivity index (χ3n) is 24.5. The van der Waals surface area contributed by atoms with E-state index in [1.165, 1.54) is 78.7 Å². The molecule has 10 fully saturated rings. The third-order valence-corrected chi connectivity index (χ3v) is 24.5. The number of hydrogen-bond donors (Lipinski definition) is 3. The maximum Gasteiger partial charge on any atom is 0.161 e. The fourth-order valence-corrected chi connectivity index (χ4v) is 18.4. The Kier molecular flexibility index (Phi) is 22.0. The molecule has 3 N–H and O–H groups in total. The SMILES string of the molecule is CCc1ccnn1-c1ccc(CN2C3CC2CN(c2ccc(-c4nc(C)cc(Cc5cc(C)[nH]n5)n4)cn2)C3)cn1.COc1ccc(CN2C3CC(c4ccc(-c5nc(C)cc(Cc6cc(C)[nH]n6)n5)cn4)CC2C3)cc1.COc1ccc(CN2C3CC2CN(c2ccc(-c4cc(N5CCCC5)cc(Cc5cc(C)[nH]n5)n4)cn2)C3)cc1. The van der Waals surface area contributed by atoms with Crippen LogP contribution >= 0.6 is 0 Å². The van der Waals surface area contributed by atoms with Crippen LogP contribution < -0.4 is 24.2 Å². The Morgan fingerprint density at radius 2 is 0.855 bits per heavy atom. The van der Waals surface area contributed by atoms with Gasteiger partial charge in [0.1, 0.15) is 23.1 Å². The summed E-state index contributed by atoms with van der Waals surface area (Å²) in [6, 6.07) is 54.3. The van der Waals surface area contributed by atoms with Crippen LogP contribution in [0.4, 0.5) is 17.3 Å². The number of ether oxygens (including phenoxy) is 2. The molecule has 1 saturated carbocycles. The summed E-state index contributed by atoms with van der Waals surface area (Å²) >= 11 is 0. The predicted molar refractivity (Wildman–Crippen MR) is 454 cm³/mol. The van der Waals surface area contributed by atoms with Gasteiger partial charge in [-0.2, -0.15) is 20.4 Å². The van der Waals surface area contributed by atoms with Crippen LogP contribution in [-0.2, 0) is 45.3 Å². The zero-order valence-electron chi connectivity index (χ0n) is 68.2. The minimum absolute atomic E-state index is 0.520. The van der Waals surface area contributed by atoms with E-state index in [0.717, 1.165) is 185 Å². The second-order valence-electron chi connectivity index (χ2n) is 32.9. The normalized spacial score (nSPS) is 20.0. The van der Waals surface area contributed by atoms with Crippen molar-refractivity contribution >= 4 is 17.3 Å². The van der Waals surface area contributed by atoms with Crippen LogP contribution in [0.25, 0.3) is 39.9 Å². The Balaban J connectivity index is 0.000000121. The molecule has 6 bridgehead atoms. The van der Waals surface area contributed by atoms with Gasteiger partial charge in [-0.1, -0.05) is 37.3 Å². The van der Waals surface area contributed by atoms with E-state index in [1.54, 1.807) is 14.2 Å². The molecule has 11 aromatic heterocycles. The van der Waals surface area contributed by atoms with Gasteiger partial charge in [-0.25, -0.2) is 39.6 Å². The number of nitrogens with zero attached hydrogens (tertiary/aromatic N) is 20. The molecule has 2 aromatic carbocycles. The molecule has 9 saturated heterocycles. The number of aromatic amines is 3. The number of anilines is 3. The van der Waals surface area contributed by atoms with Crippen molar-refractivity contribution in [1.82, 2.24) is 99.9 Å². The van der Waals surface area contributed by atoms with Crippen LogP contribution in [0.2, 0.25) is 0 Å². The van der Waals surface area contributed by atoms with Crippen LogP contribution in [0, 0.1) is 34.6 Å². The van der Waals surface area contributed by atoms with Gasteiger partial charge in [0, 0.05) is 219 Å². The first kappa shape index (κ1) is 76.4. The number of piperazine rings is 2. The Hall–Kier alpha value is -11.9. The first-order chi connectivity index (χ1) is 57.2. The first-order valence-corrected chi connectivity index (χ1v) is 41.6. The van der Waals surface area contributed by atoms with Crippen molar-refractivity contribution < 1.29 is 9.47 Å². The van der Waals surface area contributed by atoms with Gasteiger partial charge in [0.15, 0.2) is 17.5 Å². The van der Waals surface area contributed by atoms with Gasteiger partial charge >= 0.3 is 0 Å². The smallest absolute Gasteiger partial charge is 0.161 e. The second kappa shape index (κ2) is 33.7. The molecule has 25 heteroatoms. The highest BCUT2D eigenvalue weighted by atomic mass is 16.5. The Labute approximate surface area is 683 Å². The number of hydrogen-bond acceptors (Lipinski definition) is 21. The molecular formula is C92H103N23O2. The fourth-order valence-electron chi connectivity index (χ4n) is 18.4. The molecule has 598 valence electrons. The summed E-state index contributed by atoms with van der Waals surface area (Å²) < 4.78 is 12.5. The summed E-state index contributed by atoms with van der Waals surface area (Å²) in [6.07, 6.45) is 21.3. The average molecular weight is 1560 g/mol. The predicted octanol–water partition coefficient (Wildman–Crippen LogP) is 13.9. The number of piperidine rings is 3. The number of methoxy groups -OCH3 is 2. The highest BCUT2D eigenvalue weighted by molar-refractivity contribution is 5.67. The summed E-state index contributed by atoms with van der Waals surface area (Å²) in [5.41, 5.74) is 22.5. The van der Waals surface area contributed by atoms with E-state index < -0.39 is 0 Å². The number of nitrogens with one attached hydrogen (secondary N) is 3. The Morgan fingerprint density at radius 3 is 1.31 bits per heavy atom. The number of pyridine rings is 5. The maximum absolute atomic E-state index is 5.31. The molecule has 0 spiro atoms. The highest BCUT2D eigenvalue weighted by Gasteiger charge is 2.47. The topological polar surface area (TPSA) is 258 Å². The van der Waals surface area contributed by atoms with Crippen LogP contribution in [-0.4, -0.2) is 190 Å². The van der Waals surface area contributed by atoms with E-state index in [2.05, 4.69) is 209 Å². The van der Waals surface area contributed by atoms with Gasteiger partial charge < -0.3 is 24.2 Å². The van der Waals surface area contributed by atoms with E-state index in [1.807, 2.05) is 88.5 Å². The van der Waals surface area contributed by atoms with Crippen molar-refractivity contribution in [3.05, 3.63) is 267 Å². The number of benzene rings is 2. The summed E-state index contributed by atoms with van der Waals surface area (Å²) in [7, 11) is 3.43. The van der Waals surface area contributed by atoms with Gasteiger partial charge in [-0.15, -0.1) is 0 Å². The minimum atomic E-state index is 0.520. The number of aromatic nitrogens is 17. The van der Waals surface area contributed by atoms with Gasteiger partial charge in [-0.3, -0.25) is 40.0 Å². The molecule has 0 amide bonds. The standard InChI is InChI=1S/C32H37N7O.C31H34N10.C29H32N6O/c1-22-13-26(36-35-22)14-25-15-27(37-11-3-4-12-37)17-31(34-25)24-7-10-32(33-18-24)38-20-28-16-29(21-38)39(28)19-23-5-8-30(40-2)9-6-23;1-4-26-9-10-34-41(26)30-7-5-22(15-32-30)17-40-27-14-28(40)19-39(18-27)29-8-6-23(16-33-29)31-35-20(2)11-24(36-31)13-25-12-21(3)37-38-25;1-18-10-23(14-24-11-19(2)33-34-24)32-29(31-18)21-6-9-28(30-16-21)22-12-25-15-26(13-22)35(25)17-20-4-7-27(36-3)8-5-20/h5-10,13,15,17-18,28-29H,3-4,11-12,14,16,19-21H2,1-2H3,(H,35,36);5-12,15-16,27-28H,4,13-14,17-19H2,1-3H3,(H,37,38);4-11,16,22,25-26H,12-15,17H2,1-3H3,(H,33,34). The molecule has 13 aromatic rings. The molecular weight excluding hydrogens is 1460 g/mol. The lowest BCUT2D eigenvalue weighted by Crippen LogP contribution is -2.68. The Morgan fingerprint density at radius 1 is 0.402 bits per heavy atom. The molecule has 10 aliphatic rings. The lowest BCUT2D eigenvalue weighted by atomic mass is 9.72. The molecule has 25 nitrogen and oxygen atoms in total. The van der Waals surface area contributed by atoms with Crippen LogP contribution in [0.5, 0.6) is 11.5 Å². The quantitative estimate of drug-likeness (QED) is 0.0538. The average Bonchev–Trinajstić information content (AvgIpc) is 0.853. The summed E-state index contributed by atoms with van der Waals surface area (Å²) in [5, 5.41) is 26.6. The molecule has 6 unspecified atom stereocenters. The van der Waals surface area contributed by atoms with E-state index in [-0.39, 0.29) is 0 Å². The van der Waals surface area contributed by atoms with Crippen molar-refractivity contribution in [2.45, 2.75) is 174 Å². The number of aryl methyl sites for hydroxylation is 6. The van der Waals surface area contributed by atoms with Crippen LogP contribution in [0.1, 0.15) is 148 Å². The van der Waals surface area contributed by atoms with Gasteiger partial charge in [0.25, 0.3) is 0 Å². The lowest BCUT2D eigenvalue weighted by molar-refractivity contribution is -0.0441. The highest BCUT2D eigenvalue weighted by Crippen LogP contribution is 2.46. The largest absolute Gasteiger partial charge is 0.497 e. The van der Waals surface area contributed by atoms with E-state index in [4.69, 9.17) is 44.4 Å². The summed E-state index contributed by atoms with van der Waals surface area (Å²) in [6.45, 7) is 21.4. The van der Waals surface area contributed by atoms with Gasteiger partial charge in [0.05, 0.1) is 48.4 Å². The molecule has 23 rings (SSSR count). The van der Waals surface area contributed by atoms with Crippen LogP contribution in [0.3, 0.4) is 0 Å². The van der Waals surface area contributed by atoms with Crippen molar-refractivity contribution in [1.29, 1.82) is 0 Å². The van der Waals surface area contributed by atoms with E-state index in [9.17, 15) is 0 Å². The summed E-state index contributed by atoms with van der Waals surface area (Å²) in [5.74, 6) is 6.73. The Bertz CT molecular complexity index is 5510. The zero-order chi connectivity index (χ0) is 79.6. The van der Waals surface area contributed by atoms with Crippen molar-refractivity contribution in [2.24, 2.45) is 0 Å². The van der Waals surface area contributed by atoms with Crippen molar-refractivity contribution in [2.75, 3.05) is 68.2 Å². The van der Waals surface area contributed by atoms with Gasteiger partial charge in [0.2, 0.25) is 0 Å². The van der Waals surface area contributed by atoms with Crippen molar-refractivity contribution in [3.63, 3.8) is 0 Å². The molecule has 20 heterocycles. The second-order valence-corrected chi connectivity index (χ2v) is 32.9. The van der Waals surface area contributed by atoms with Crippen molar-refractivity contribution in [3.8, 4) is 51.3 Å². The molecule has 117 heavy (non-hydrogen) atoms. The summed E-state index contributed by atoms with van der Waals surface area (Å²) in [4.78, 5) is 58.6. The lowest BCUT2D eigenvalue weighted by Gasteiger charge is -2.56. The van der Waals surface area contributed by atoms with Crippen LogP contribution in [0.15, 0.2) is 177 Å².